The molecule has 0 aliphatic rings. The molecule has 3 aromatic carbocycles. The molecule has 5 rings (SSSR count). The molecule has 1 atom stereocenters. The number of aromatic amines is 1. The molecule has 0 aliphatic heterocycles. The summed E-state index contributed by atoms with van der Waals surface area (Å²) < 4.78 is 11.4. The summed E-state index contributed by atoms with van der Waals surface area (Å²) in [4.78, 5) is 16.6. The lowest BCUT2D eigenvalue weighted by molar-refractivity contribution is 0.0926. The summed E-state index contributed by atoms with van der Waals surface area (Å²) >= 11 is 0. The number of rotatable bonds is 6. The summed E-state index contributed by atoms with van der Waals surface area (Å²) in [5.74, 6) is 0.925. The molecular formula is C29H28N2O3. The first-order valence-corrected chi connectivity index (χ1v) is 11.4. The van der Waals surface area contributed by atoms with Crippen molar-refractivity contribution >= 4 is 27.8 Å². The van der Waals surface area contributed by atoms with Crippen LogP contribution >= 0.6 is 0 Å². The highest BCUT2D eigenvalue weighted by Gasteiger charge is 2.23. The third-order valence-electron chi connectivity index (χ3n) is 6.56. The largest absolute Gasteiger partial charge is 0.497 e. The second-order valence-electron chi connectivity index (χ2n) is 8.84. The molecule has 2 N–H and O–H groups in total. The van der Waals surface area contributed by atoms with Crippen molar-refractivity contribution in [1.29, 1.82) is 0 Å². The summed E-state index contributed by atoms with van der Waals surface area (Å²) in [6, 6.07) is 20.3. The average molecular weight is 453 g/mol. The molecule has 0 fully saturated rings. The number of amides is 1. The smallest absolute Gasteiger partial charge is 0.287 e. The zero-order valence-corrected chi connectivity index (χ0v) is 19.9. The van der Waals surface area contributed by atoms with Gasteiger partial charge in [-0.2, -0.15) is 0 Å². The fourth-order valence-corrected chi connectivity index (χ4v) is 4.91. The molecule has 0 spiro atoms. The van der Waals surface area contributed by atoms with Crippen molar-refractivity contribution in [3.63, 3.8) is 0 Å². The Labute approximate surface area is 198 Å². The maximum Gasteiger partial charge on any atom is 0.287 e. The Balaban J connectivity index is 1.48. The first-order valence-electron chi connectivity index (χ1n) is 11.4. The predicted octanol–water partition coefficient (Wildman–Crippen LogP) is 6.41. The van der Waals surface area contributed by atoms with Gasteiger partial charge in [-0.25, -0.2) is 0 Å². The van der Waals surface area contributed by atoms with E-state index < -0.39 is 0 Å². The number of furan rings is 1. The molecule has 0 bridgehead atoms. The standard InChI is InChI=1S/C29H28N2O3/c1-17-13-18(2)27-19(3)28(34-26(27)14-17)29(32)31-15-23(20-9-11-21(33-4)12-10-20)24-16-30-25-8-6-5-7-22(24)25/h5-14,16,23,30H,15H2,1-4H3,(H,31,32). The fourth-order valence-electron chi connectivity index (χ4n) is 4.91. The van der Waals surface area contributed by atoms with Gasteiger partial charge in [0.25, 0.3) is 5.91 Å². The highest BCUT2D eigenvalue weighted by atomic mass is 16.5. The van der Waals surface area contributed by atoms with Crippen LogP contribution in [0.1, 0.15) is 44.3 Å². The number of para-hydroxylation sites is 1. The van der Waals surface area contributed by atoms with Crippen molar-refractivity contribution < 1.29 is 13.9 Å². The number of aryl methyl sites for hydroxylation is 3. The van der Waals surface area contributed by atoms with E-state index >= 15 is 0 Å². The SMILES string of the molecule is COc1ccc(C(CNC(=O)c2oc3cc(C)cc(C)c3c2C)c2c[nH]c3ccccc23)cc1. The van der Waals surface area contributed by atoms with Crippen LogP contribution < -0.4 is 10.1 Å². The first kappa shape index (κ1) is 21.8. The number of H-pyrrole nitrogens is 1. The van der Waals surface area contributed by atoms with Crippen molar-refractivity contribution in [2.45, 2.75) is 26.7 Å². The Bertz CT molecular complexity index is 1490. The monoisotopic (exact) mass is 452 g/mol. The van der Waals surface area contributed by atoms with Gasteiger partial charge in [-0.1, -0.05) is 36.4 Å². The van der Waals surface area contributed by atoms with Gasteiger partial charge in [0.15, 0.2) is 5.76 Å². The van der Waals surface area contributed by atoms with Gasteiger partial charge in [0.05, 0.1) is 7.11 Å². The Morgan fingerprint density at radius 1 is 1.06 bits per heavy atom. The minimum Gasteiger partial charge on any atom is -0.497 e. The van der Waals surface area contributed by atoms with Crippen LogP contribution in [0.15, 0.2) is 71.3 Å². The zero-order valence-electron chi connectivity index (χ0n) is 19.9. The number of benzene rings is 3. The van der Waals surface area contributed by atoms with Crippen molar-refractivity contribution in [3.8, 4) is 5.75 Å². The summed E-state index contributed by atoms with van der Waals surface area (Å²) in [5.41, 5.74) is 7.16. The summed E-state index contributed by atoms with van der Waals surface area (Å²) in [5, 5.41) is 5.29. The average Bonchev–Trinajstić information content (AvgIpc) is 3.41. The lowest BCUT2D eigenvalue weighted by atomic mass is 9.90. The van der Waals surface area contributed by atoms with Crippen LogP contribution in [0, 0.1) is 20.8 Å². The van der Waals surface area contributed by atoms with Crippen LogP contribution in [-0.4, -0.2) is 24.5 Å². The van der Waals surface area contributed by atoms with Crippen molar-refractivity contribution in [2.24, 2.45) is 0 Å². The van der Waals surface area contributed by atoms with Gasteiger partial charge in [-0.3, -0.25) is 4.79 Å². The molecule has 0 radical (unpaired) electrons. The lowest BCUT2D eigenvalue weighted by Crippen LogP contribution is -2.29. The second-order valence-corrected chi connectivity index (χ2v) is 8.84. The van der Waals surface area contributed by atoms with E-state index in [9.17, 15) is 4.79 Å². The Hall–Kier alpha value is -3.99. The summed E-state index contributed by atoms with van der Waals surface area (Å²) in [6.45, 7) is 6.46. The highest BCUT2D eigenvalue weighted by molar-refractivity contribution is 6.00. The maximum absolute atomic E-state index is 13.3. The van der Waals surface area contributed by atoms with E-state index in [1.165, 1.54) is 0 Å². The van der Waals surface area contributed by atoms with E-state index in [1.54, 1.807) is 7.11 Å². The fraction of sp³-hybridized carbons (Fsp3) is 0.207. The topological polar surface area (TPSA) is 67.3 Å². The molecule has 1 amide bonds. The molecule has 0 aliphatic carbocycles. The first-order chi connectivity index (χ1) is 16.5. The molecular weight excluding hydrogens is 424 g/mol. The Kier molecular flexibility index (Phi) is 5.62. The van der Waals surface area contributed by atoms with Gasteiger partial charge in [-0.05, 0) is 67.3 Å². The van der Waals surface area contributed by atoms with Crippen LogP contribution in [0.5, 0.6) is 5.75 Å². The zero-order chi connectivity index (χ0) is 23.8. The van der Waals surface area contributed by atoms with Crippen LogP contribution in [0.3, 0.4) is 0 Å². The van der Waals surface area contributed by atoms with E-state index in [2.05, 4.69) is 47.6 Å². The van der Waals surface area contributed by atoms with Gasteiger partial charge >= 0.3 is 0 Å². The number of hydrogen-bond acceptors (Lipinski definition) is 3. The molecule has 5 heteroatoms. The van der Waals surface area contributed by atoms with E-state index in [4.69, 9.17) is 9.15 Å². The number of ether oxygens (including phenoxy) is 1. The summed E-state index contributed by atoms with van der Waals surface area (Å²) in [6.07, 6.45) is 2.03. The Morgan fingerprint density at radius 3 is 2.59 bits per heavy atom. The van der Waals surface area contributed by atoms with Crippen molar-refractivity contribution in [3.05, 3.63) is 100 Å². The van der Waals surface area contributed by atoms with E-state index in [0.717, 1.165) is 55.4 Å². The quantitative estimate of drug-likeness (QED) is 0.313. The Morgan fingerprint density at radius 2 is 1.82 bits per heavy atom. The minimum atomic E-state index is -0.205. The van der Waals surface area contributed by atoms with E-state index in [1.807, 2.05) is 50.4 Å². The van der Waals surface area contributed by atoms with E-state index in [-0.39, 0.29) is 11.8 Å². The normalized spacial score (nSPS) is 12.2. The third kappa shape index (κ3) is 3.83. The van der Waals surface area contributed by atoms with E-state index in [0.29, 0.717) is 12.3 Å². The van der Waals surface area contributed by atoms with Gasteiger partial charge in [0, 0.05) is 40.5 Å². The van der Waals surface area contributed by atoms with Crippen molar-refractivity contribution in [2.75, 3.05) is 13.7 Å². The number of hydrogen-bond donors (Lipinski definition) is 2. The lowest BCUT2D eigenvalue weighted by Gasteiger charge is -2.18. The molecule has 34 heavy (non-hydrogen) atoms. The molecule has 0 saturated heterocycles. The molecule has 172 valence electrons. The molecule has 2 aromatic heterocycles. The van der Waals surface area contributed by atoms with Crippen LogP contribution in [0.4, 0.5) is 0 Å². The number of fused-ring (bicyclic) bond motifs is 2. The van der Waals surface area contributed by atoms with Crippen molar-refractivity contribution in [1.82, 2.24) is 10.3 Å². The molecule has 0 saturated carbocycles. The number of aromatic nitrogens is 1. The van der Waals surface area contributed by atoms with Gasteiger partial charge < -0.3 is 19.5 Å². The second kappa shape index (κ2) is 8.75. The molecule has 1 unspecified atom stereocenters. The van der Waals surface area contributed by atoms with Gasteiger partial charge in [-0.15, -0.1) is 0 Å². The maximum atomic E-state index is 13.3. The van der Waals surface area contributed by atoms with Gasteiger partial charge in [0.2, 0.25) is 0 Å². The van der Waals surface area contributed by atoms with Crippen LogP contribution in [-0.2, 0) is 0 Å². The minimum absolute atomic E-state index is 0.0420. The number of methoxy groups -OCH3 is 1. The molecule has 5 nitrogen and oxygen atoms in total. The highest BCUT2D eigenvalue weighted by Crippen LogP contribution is 2.32. The molecule has 2 heterocycles. The predicted molar refractivity (Wildman–Crippen MR) is 136 cm³/mol. The number of carbonyl (C=O) groups is 1. The summed E-state index contributed by atoms with van der Waals surface area (Å²) in [7, 11) is 1.66. The number of nitrogens with one attached hydrogen (secondary N) is 2. The number of carbonyl (C=O) groups excluding carboxylic acids is 1. The third-order valence-corrected chi connectivity index (χ3v) is 6.56. The molecule has 5 aromatic rings. The van der Waals surface area contributed by atoms with Crippen LogP contribution in [0.25, 0.3) is 21.9 Å². The van der Waals surface area contributed by atoms with Crippen LogP contribution in [0.2, 0.25) is 0 Å². The van der Waals surface area contributed by atoms with Gasteiger partial charge in [0.1, 0.15) is 11.3 Å².